The molecule has 0 saturated carbocycles. The van der Waals surface area contributed by atoms with Gasteiger partial charge in [0.2, 0.25) is 0 Å². The van der Waals surface area contributed by atoms with Crippen molar-refractivity contribution < 1.29 is 14.3 Å². The Balaban J connectivity index is 1.68. The molecule has 0 aliphatic carbocycles. The van der Waals surface area contributed by atoms with E-state index in [0.717, 1.165) is 17.0 Å². The van der Waals surface area contributed by atoms with E-state index in [-0.39, 0.29) is 5.56 Å². The highest BCUT2D eigenvalue weighted by molar-refractivity contribution is 5.94. The van der Waals surface area contributed by atoms with Gasteiger partial charge in [0.1, 0.15) is 11.5 Å². The van der Waals surface area contributed by atoms with Gasteiger partial charge in [-0.15, -0.1) is 0 Å². The first-order chi connectivity index (χ1) is 14.1. The standard InChI is InChI=1S/C22H18N4O3/c1-15-11-12-20(29-15)21-16(14-26(25-21)17-7-3-2-4-8-17)13-23-24-19-10-6-5-9-18(19)22(27)28/h2-14,24H,1H3,(H,27,28). The lowest BCUT2D eigenvalue weighted by molar-refractivity contribution is 0.0698. The highest BCUT2D eigenvalue weighted by Gasteiger charge is 2.14. The van der Waals surface area contributed by atoms with Crippen LogP contribution in [-0.4, -0.2) is 27.1 Å². The van der Waals surface area contributed by atoms with Crippen molar-refractivity contribution >= 4 is 17.9 Å². The fourth-order valence-corrected chi connectivity index (χ4v) is 2.89. The van der Waals surface area contributed by atoms with Gasteiger partial charge in [0.05, 0.1) is 23.2 Å². The molecule has 0 amide bonds. The summed E-state index contributed by atoms with van der Waals surface area (Å²) >= 11 is 0. The number of hydrazone groups is 1. The largest absolute Gasteiger partial charge is 0.478 e. The number of hydrogen-bond acceptors (Lipinski definition) is 5. The first-order valence-electron chi connectivity index (χ1n) is 8.95. The van der Waals surface area contributed by atoms with E-state index in [1.54, 1.807) is 29.1 Å². The van der Waals surface area contributed by atoms with E-state index in [1.165, 1.54) is 6.07 Å². The fraction of sp³-hybridized carbons (Fsp3) is 0.0455. The first kappa shape index (κ1) is 18.2. The van der Waals surface area contributed by atoms with Crippen molar-refractivity contribution in [1.82, 2.24) is 9.78 Å². The van der Waals surface area contributed by atoms with Crippen LogP contribution in [0.1, 0.15) is 21.7 Å². The summed E-state index contributed by atoms with van der Waals surface area (Å²) in [5.41, 5.74) is 5.61. The van der Waals surface area contributed by atoms with E-state index in [0.29, 0.717) is 17.1 Å². The number of carboxylic acid groups (broad SMARTS) is 1. The van der Waals surface area contributed by atoms with Crippen molar-refractivity contribution in [3.8, 4) is 17.1 Å². The Labute approximate surface area is 166 Å². The van der Waals surface area contributed by atoms with Gasteiger partial charge in [0.25, 0.3) is 0 Å². The number of benzene rings is 2. The van der Waals surface area contributed by atoms with Gasteiger partial charge >= 0.3 is 5.97 Å². The molecule has 0 aliphatic rings. The van der Waals surface area contributed by atoms with Crippen LogP contribution in [0, 0.1) is 6.92 Å². The number of furan rings is 1. The molecule has 144 valence electrons. The third-order valence-electron chi connectivity index (χ3n) is 4.28. The third kappa shape index (κ3) is 3.93. The Morgan fingerprint density at radius 1 is 1.10 bits per heavy atom. The van der Waals surface area contributed by atoms with Gasteiger partial charge in [-0.1, -0.05) is 30.3 Å². The van der Waals surface area contributed by atoms with Gasteiger partial charge in [0.15, 0.2) is 5.76 Å². The zero-order valence-electron chi connectivity index (χ0n) is 15.6. The van der Waals surface area contributed by atoms with Crippen LogP contribution in [0.5, 0.6) is 0 Å². The summed E-state index contributed by atoms with van der Waals surface area (Å²) in [4.78, 5) is 11.3. The molecule has 29 heavy (non-hydrogen) atoms. The van der Waals surface area contributed by atoms with Crippen molar-refractivity contribution in [3.63, 3.8) is 0 Å². The van der Waals surface area contributed by atoms with E-state index < -0.39 is 5.97 Å². The minimum Gasteiger partial charge on any atom is -0.478 e. The Hall–Kier alpha value is -4.13. The van der Waals surface area contributed by atoms with E-state index in [4.69, 9.17) is 4.42 Å². The third-order valence-corrected chi connectivity index (χ3v) is 4.28. The second kappa shape index (κ2) is 7.85. The van der Waals surface area contributed by atoms with Gasteiger partial charge in [-0.05, 0) is 43.3 Å². The van der Waals surface area contributed by atoms with Crippen LogP contribution in [0.15, 0.2) is 82.4 Å². The molecule has 7 nitrogen and oxygen atoms in total. The summed E-state index contributed by atoms with van der Waals surface area (Å²) in [5.74, 6) is 0.391. The average Bonchev–Trinajstić information content (AvgIpc) is 3.35. The average molecular weight is 386 g/mol. The molecule has 0 spiro atoms. The number of aromatic nitrogens is 2. The lowest BCUT2D eigenvalue weighted by Gasteiger charge is -2.03. The zero-order valence-corrected chi connectivity index (χ0v) is 15.6. The maximum absolute atomic E-state index is 11.3. The van der Waals surface area contributed by atoms with Crippen molar-refractivity contribution in [2.24, 2.45) is 5.10 Å². The molecule has 2 aromatic heterocycles. The van der Waals surface area contributed by atoms with Crippen molar-refractivity contribution in [2.45, 2.75) is 6.92 Å². The van der Waals surface area contributed by atoms with Gasteiger partial charge in [-0.3, -0.25) is 5.43 Å². The lowest BCUT2D eigenvalue weighted by atomic mass is 10.2. The van der Waals surface area contributed by atoms with Gasteiger partial charge < -0.3 is 9.52 Å². The maximum Gasteiger partial charge on any atom is 0.337 e. The molecular weight excluding hydrogens is 368 g/mol. The maximum atomic E-state index is 11.3. The van der Waals surface area contributed by atoms with E-state index in [9.17, 15) is 9.90 Å². The molecule has 0 atom stereocenters. The SMILES string of the molecule is Cc1ccc(-c2nn(-c3ccccc3)cc2C=NNc2ccccc2C(=O)O)o1. The van der Waals surface area contributed by atoms with E-state index in [1.807, 2.05) is 55.6 Å². The molecule has 0 saturated heterocycles. The van der Waals surface area contributed by atoms with Gasteiger partial charge in [-0.25, -0.2) is 9.48 Å². The van der Waals surface area contributed by atoms with Crippen molar-refractivity contribution in [1.29, 1.82) is 0 Å². The monoisotopic (exact) mass is 386 g/mol. The molecule has 2 aromatic carbocycles. The predicted octanol–water partition coefficient (Wildman–Crippen LogP) is 4.58. The molecule has 0 fully saturated rings. The molecule has 0 bridgehead atoms. The molecule has 2 N–H and O–H groups in total. The summed E-state index contributed by atoms with van der Waals surface area (Å²) < 4.78 is 7.49. The van der Waals surface area contributed by atoms with Crippen LogP contribution >= 0.6 is 0 Å². The smallest absolute Gasteiger partial charge is 0.337 e. The van der Waals surface area contributed by atoms with Crippen LogP contribution in [0.4, 0.5) is 5.69 Å². The number of hydrogen-bond donors (Lipinski definition) is 2. The second-order valence-electron chi connectivity index (χ2n) is 6.34. The van der Waals surface area contributed by atoms with Gasteiger partial charge in [-0.2, -0.15) is 10.2 Å². The highest BCUT2D eigenvalue weighted by Crippen LogP contribution is 2.25. The number of rotatable bonds is 6. The van der Waals surface area contributed by atoms with Crippen LogP contribution in [-0.2, 0) is 0 Å². The topological polar surface area (TPSA) is 92.7 Å². The zero-order chi connectivity index (χ0) is 20.2. The minimum atomic E-state index is -1.02. The number of nitrogens with one attached hydrogen (secondary N) is 1. The molecule has 4 rings (SSSR count). The molecule has 4 aromatic rings. The molecule has 7 heteroatoms. The van der Waals surface area contributed by atoms with Crippen molar-refractivity contribution in [2.75, 3.05) is 5.43 Å². The summed E-state index contributed by atoms with van der Waals surface area (Å²) in [6, 6.07) is 20.0. The number of carboxylic acids is 1. The Morgan fingerprint density at radius 2 is 1.86 bits per heavy atom. The van der Waals surface area contributed by atoms with Gasteiger partial charge in [0, 0.05) is 11.8 Å². The highest BCUT2D eigenvalue weighted by atomic mass is 16.4. The second-order valence-corrected chi connectivity index (χ2v) is 6.34. The number of carbonyl (C=O) groups is 1. The fourth-order valence-electron chi connectivity index (χ4n) is 2.89. The predicted molar refractivity (Wildman–Crippen MR) is 111 cm³/mol. The molecule has 2 heterocycles. The Kier molecular flexibility index (Phi) is 4.94. The molecule has 0 aliphatic heterocycles. The van der Waals surface area contributed by atoms with Crippen LogP contribution in [0.2, 0.25) is 0 Å². The number of anilines is 1. The van der Waals surface area contributed by atoms with Crippen LogP contribution in [0.3, 0.4) is 0 Å². The Bertz CT molecular complexity index is 1180. The van der Waals surface area contributed by atoms with Crippen molar-refractivity contribution in [3.05, 3.63) is 89.8 Å². The number of nitrogens with zero attached hydrogens (tertiary/aromatic N) is 3. The summed E-state index contributed by atoms with van der Waals surface area (Å²) in [5, 5.41) is 18.2. The quantitative estimate of drug-likeness (QED) is 0.374. The minimum absolute atomic E-state index is 0.145. The molecular formula is C22H18N4O3. The summed E-state index contributed by atoms with van der Waals surface area (Å²) in [6.07, 6.45) is 3.44. The molecule has 0 radical (unpaired) electrons. The number of aryl methyl sites for hydroxylation is 1. The number of para-hydroxylation sites is 2. The Morgan fingerprint density at radius 3 is 2.59 bits per heavy atom. The molecule has 0 unspecified atom stereocenters. The van der Waals surface area contributed by atoms with Crippen LogP contribution < -0.4 is 5.43 Å². The lowest BCUT2D eigenvalue weighted by Crippen LogP contribution is -2.02. The first-order valence-corrected chi connectivity index (χ1v) is 8.95. The van der Waals surface area contributed by atoms with E-state index in [2.05, 4.69) is 15.6 Å². The summed E-state index contributed by atoms with van der Waals surface area (Å²) in [7, 11) is 0. The van der Waals surface area contributed by atoms with E-state index >= 15 is 0 Å². The summed E-state index contributed by atoms with van der Waals surface area (Å²) in [6.45, 7) is 1.87. The number of aromatic carboxylic acids is 1. The normalized spacial score (nSPS) is 11.1. The van der Waals surface area contributed by atoms with Crippen LogP contribution in [0.25, 0.3) is 17.1 Å².